The fraction of sp³-hybridized carbons (Fsp3) is 0.727. The van der Waals surface area contributed by atoms with E-state index in [2.05, 4.69) is 10.6 Å². The van der Waals surface area contributed by atoms with E-state index in [1.807, 2.05) is 11.7 Å². The summed E-state index contributed by atoms with van der Waals surface area (Å²) in [4.78, 5) is 34.3. The second kappa shape index (κ2) is 9.62. The number of hydrogen-bond acceptors (Lipinski definition) is 5. The first-order valence-corrected chi connectivity index (χ1v) is 7.40. The van der Waals surface area contributed by atoms with E-state index in [1.165, 1.54) is 6.92 Å². The summed E-state index contributed by atoms with van der Waals surface area (Å²) in [6.45, 7) is 3.07. The van der Waals surface area contributed by atoms with Crippen LogP contribution in [0.4, 0.5) is 0 Å². The molecule has 0 saturated carbocycles. The topological polar surface area (TPSA) is 113 Å². The van der Waals surface area contributed by atoms with Crippen molar-refractivity contribution in [3.63, 3.8) is 0 Å². The minimum atomic E-state index is -0.742. The van der Waals surface area contributed by atoms with Crippen LogP contribution in [0, 0.1) is 0 Å². The molecule has 0 aliphatic heterocycles. The van der Waals surface area contributed by atoms with Gasteiger partial charge in [-0.1, -0.05) is 0 Å². The molecule has 0 heterocycles. The molecule has 0 radical (unpaired) electrons. The van der Waals surface area contributed by atoms with Crippen LogP contribution in [-0.4, -0.2) is 41.8 Å². The number of carbonyl (C=O) groups is 3. The van der Waals surface area contributed by atoms with Gasteiger partial charge in [0.15, 0.2) is 0 Å². The first-order chi connectivity index (χ1) is 8.92. The SMILES string of the molecule is CSCCCC(=O)N[C@@H](C)C(=O)N[C@@H](C)C(=O)NN. The van der Waals surface area contributed by atoms with Crippen LogP contribution >= 0.6 is 11.8 Å². The van der Waals surface area contributed by atoms with Crippen molar-refractivity contribution < 1.29 is 14.4 Å². The van der Waals surface area contributed by atoms with Crippen LogP contribution in [0.1, 0.15) is 26.7 Å². The van der Waals surface area contributed by atoms with Crippen molar-refractivity contribution in [2.75, 3.05) is 12.0 Å². The lowest BCUT2D eigenvalue weighted by Gasteiger charge is -2.17. The van der Waals surface area contributed by atoms with Gasteiger partial charge in [-0.3, -0.25) is 19.8 Å². The lowest BCUT2D eigenvalue weighted by molar-refractivity contribution is -0.131. The highest BCUT2D eigenvalue weighted by atomic mass is 32.2. The Bertz CT molecular complexity index is 325. The molecule has 0 aromatic rings. The Kier molecular flexibility index (Phi) is 8.98. The summed E-state index contributed by atoms with van der Waals surface area (Å²) < 4.78 is 0. The first kappa shape index (κ1) is 17.7. The van der Waals surface area contributed by atoms with Crippen LogP contribution in [0.3, 0.4) is 0 Å². The van der Waals surface area contributed by atoms with E-state index in [-0.39, 0.29) is 5.91 Å². The standard InChI is InChI=1S/C11H22N4O3S/c1-7(13-9(16)5-4-6-19-3)10(17)14-8(2)11(18)15-12/h7-8H,4-6,12H2,1-3H3,(H,13,16)(H,14,17)(H,15,18)/t7-,8-/m0/s1. The lowest BCUT2D eigenvalue weighted by Crippen LogP contribution is -2.52. The van der Waals surface area contributed by atoms with Gasteiger partial charge in [0, 0.05) is 6.42 Å². The number of carbonyl (C=O) groups excluding carboxylic acids is 3. The van der Waals surface area contributed by atoms with Crippen molar-refractivity contribution >= 4 is 29.5 Å². The molecule has 0 fully saturated rings. The molecule has 0 aromatic carbocycles. The van der Waals surface area contributed by atoms with E-state index < -0.39 is 23.9 Å². The van der Waals surface area contributed by atoms with E-state index >= 15 is 0 Å². The Morgan fingerprint density at radius 3 is 2.21 bits per heavy atom. The molecule has 0 bridgehead atoms. The zero-order valence-electron chi connectivity index (χ0n) is 11.5. The number of thioether (sulfide) groups is 1. The normalized spacial score (nSPS) is 13.3. The number of hydrazine groups is 1. The minimum absolute atomic E-state index is 0.173. The molecular formula is C11H22N4O3S. The summed E-state index contributed by atoms with van der Waals surface area (Å²) >= 11 is 1.67. The van der Waals surface area contributed by atoms with Gasteiger partial charge in [-0.15, -0.1) is 0 Å². The first-order valence-electron chi connectivity index (χ1n) is 6.01. The number of nitrogens with two attached hydrogens (primary N) is 1. The van der Waals surface area contributed by atoms with Crippen LogP contribution in [0.25, 0.3) is 0 Å². The molecule has 0 spiro atoms. The summed E-state index contributed by atoms with van der Waals surface area (Å²) in [7, 11) is 0. The van der Waals surface area contributed by atoms with E-state index in [9.17, 15) is 14.4 Å². The predicted molar refractivity (Wildman–Crippen MR) is 75.2 cm³/mol. The minimum Gasteiger partial charge on any atom is -0.345 e. The number of rotatable bonds is 8. The predicted octanol–water partition coefficient (Wildman–Crippen LogP) is -0.871. The maximum Gasteiger partial charge on any atom is 0.256 e. The van der Waals surface area contributed by atoms with Crippen LogP contribution in [0.15, 0.2) is 0 Å². The monoisotopic (exact) mass is 290 g/mol. The van der Waals surface area contributed by atoms with Gasteiger partial charge >= 0.3 is 0 Å². The molecule has 7 nitrogen and oxygen atoms in total. The molecule has 2 atom stereocenters. The average Bonchev–Trinajstić information content (AvgIpc) is 2.37. The highest BCUT2D eigenvalue weighted by molar-refractivity contribution is 7.98. The zero-order valence-corrected chi connectivity index (χ0v) is 12.3. The highest BCUT2D eigenvalue weighted by Gasteiger charge is 2.20. The number of hydrogen-bond donors (Lipinski definition) is 4. The van der Waals surface area contributed by atoms with E-state index in [4.69, 9.17) is 5.84 Å². The lowest BCUT2D eigenvalue weighted by atomic mass is 10.2. The van der Waals surface area contributed by atoms with Gasteiger partial charge in [-0.05, 0) is 32.3 Å². The summed E-state index contributed by atoms with van der Waals surface area (Å²) in [5, 5.41) is 5.03. The summed E-state index contributed by atoms with van der Waals surface area (Å²) in [6.07, 6.45) is 3.13. The third-order valence-electron chi connectivity index (χ3n) is 2.42. The molecular weight excluding hydrogens is 268 g/mol. The molecule has 0 aliphatic carbocycles. The molecule has 3 amide bonds. The van der Waals surface area contributed by atoms with Crippen molar-refractivity contribution in [3.8, 4) is 0 Å². The van der Waals surface area contributed by atoms with Gasteiger partial charge in [-0.25, -0.2) is 5.84 Å². The molecule has 19 heavy (non-hydrogen) atoms. The van der Waals surface area contributed by atoms with Crippen molar-refractivity contribution in [2.45, 2.75) is 38.8 Å². The van der Waals surface area contributed by atoms with E-state index in [0.29, 0.717) is 6.42 Å². The summed E-state index contributed by atoms with van der Waals surface area (Å²) in [6, 6.07) is -1.43. The Morgan fingerprint density at radius 1 is 1.11 bits per heavy atom. The molecule has 0 rings (SSSR count). The number of nitrogens with one attached hydrogen (secondary N) is 3. The van der Waals surface area contributed by atoms with Crippen LogP contribution in [-0.2, 0) is 14.4 Å². The Balaban J connectivity index is 4.05. The average molecular weight is 290 g/mol. The Morgan fingerprint density at radius 2 is 1.68 bits per heavy atom. The smallest absolute Gasteiger partial charge is 0.256 e. The third kappa shape index (κ3) is 7.68. The summed E-state index contributed by atoms with van der Waals surface area (Å²) in [5.41, 5.74) is 1.94. The third-order valence-corrected chi connectivity index (χ3v) is 3.11. The molecule has 0 unspecified atom stereocenters. The summed E-state index contributed by atoms with van der Waals surface area (Å²) in [5.74, 6) is 4.77. The Hall–Kier alpha value is -1.28. The maximum absolute atomic E-state index is 11.7. The Labute approximate surface area is 117 Å². The second-order valence-electron chi connectivity index (χ2n) is 4.12. The molecule has 8 heteroatoms. The number of amides is 3. The molecule has 5 N–H and O–H groups in total. The van der Waals surface area contributed by atoms with Gasteiger partial charge in [0.1, 0.15) is 12.1 Å². The quantitative estimate of drug-likeness (QED) is 0.201. The van der Waals surface area contributed by atoms with Crippen molar-refractivity contribution in [1.29, 1.82) is 0 Å². The largest absolute Gasteiger partial charge is 0.345 e. The van der Waals surface area contributed by atoms with Gasteiger partial charge in [-0.2, -0.15) is 11.8 Å². The van der Waals surface area contributed by atoms with Crippen LogP contribution in [0.2, 0.25) is 0 Å². The van der Waals surface area contributed by atoms with Gasteiger partial charge in [0.05, 0.1) is 0 Å². The van der Waals surface area contributed by atoms with E-state index in [1.54, 1.807) is 18.7 Å². The van der Waals surface area contributed by atoms with Crippen molar-refractivity contribution in [2.24, 2.45) is 5.84 Å². The molecule has 0 aliphatic rings. The molecule has 0 aromatic heterocycles. The van der Waals surface area contributed by atoms with Gasteiger partial charge < -0.3 is 10.6 Å². The maximum atomic E-state index is 11.7. The van der Waals surface area contributed by atoms with Crippen LogP contribution < -0.4 is 21.9 Å². The van der Waals surface area contributed by atoms with E-state index in [0.717, 1.165) is 12.2 Å². The highest BCUT2D eigenvalue weighted by Crippen LogP contribution is 1.99. The van der Waals surface area contributed by atoms with Gasteiger partial charge in [0.25, 0.3) is 5.91 Å². The van der Waals surface area contributed by atoms with Crippen LogP contribution in [0.5, 0.6) is 0 Å². The molecule has 110 valence electrons. The van der Waals surface area contributed by atoms with Crippen molar-refractivity contribution in [3.05, 3.63) is 0 Å². The zero-order chi connectivity index (χ0) is 14.8. The fourth-order valence-corrected chi connectivity index (χ4v) is 1.72. The molecule has 0 saturated heterocycles. The van der Waals surface area contributed by atoms with Gasteiger partial charge in [0.2, 0.25) is 11.8 Å². The van der Waals surface area contributed by atoms with Crippen molar-refractivity contribution in [1.82, 2.24) is 16.1 Å². The fourth-order valence-electron chi connectivity index (χ4n) is 1.29. The second-order valence-corrected chi connectivity index (χ2v) is 5.11.